The molecule has 2 N–H and O–H groups in total. The normalized spacial score (nSPS) is 11.7. The average Bonchev–Trinajstić information content (AvgIpc) is 2.40. The Labute approximate surface area is 143 Å². The number of hydrogen-bond donors (Lipinski definition) is 2. The molecule has 2 aromatic rings. The third kappa shape index (κ3) is 4.50. The number of hydrogen-bond acceptors (Lipinski definition) is 4. The van der Waals surface area contributed by atoms with E-state index >= 15 is 0 Å². The van der Waals surface area contributed by atoms with Gasteiger partial charge in [0.05, 0.1) is 0 Å². The van der Waals surface area contributed by atoms with E-state index in [0.29, 0.717) is 10.7 Å². The minimum absolute atomic E-state index is 0.0639. The van der Waals surface area contributed by atoms with Crippen LogP contribution in [0, 0.1) is 13.8 Å². The SMILES string of the molecule is Cc1cc(Cl)cc(C)c1Nc1cc(C(F)(F)F)nc(NC(C)C)n1. The molecule has 130 valence electrons. The summed E-state index contributed by atoms with van der Waals surface area (Å²) in [5, 5.41) is 6.31. The molecule has 4 nitrogen and oxygen atoms in total. The van der Waals surface area contributed by atoms with E-state index in [4.69, 9.17) is 11.6 Å². The van der Waals surface area contributed by atoms with E-state index in [1.54, 1.807) is 26.0 Å². The molecule has 0 bridgehead atoms. The van der Waals surface area contributed by atoms with Gasteiger partial charge in [0.1, 0.15) is 5.82 Å². The molecule has 1 heterocycles. The number of halogens is 4. The number of benzene rings is 1. The fraction of sp³-hybridized carbons (Fsp3) is 0.375. The summed E-state index contributed by atoms with van der Waals surface area (Å²) in [7, 11) is 0. The maximum absolute atomic E-state index is 13.1. The summed E-state index contributed by atoms with van der Waals surface area (Å²) in [6, 6.07) is 4.26. The lowest BCUT2D eigenvalue weighted by atomic mass is 10.1. The smallest absolute Gasteiger partial charge is 0.352 e. The van der Waals surface area contributed by atoms with Crippen molar-refractivity contribution in [1.29, 1.82) is 0 Å². The first-order valence-corrected chi connectivity index (χ1v) is 7.70. The topological polar surface area (TPSA) is 49.8 Å². The Hall–Kier alpha value is -2.02. The fourth-order valence-electron chi connectivity index (χ4n) is 2.22. The number of rotatable bonds is 4. The van der Waals surface area contributed by atoms with Crippen molar-refractivity contribution in [3.8, 4) is 0 Å². The van der Waals surface area contributed by atoms with Gasteiger partial charge in [0.15, 0.2) is 5.69 Å². The van der Waals surface area contributed by atoms with Crippen molar-refractivity contribution in [3.05, 3.63) is 40.0 Å². The zero-order valence-electron chi connectivity index (χ0n) is 13.7. The molecule has 1 aromatic heterocycles. The fourth-order valence-corrected chi connectivity index (χ4v) is 2.54. The third-order valence-electron chi connectivity index (χ3n) is 3.18. The summed E-state index contributed by atoms with van der Waals surface area (Å²) >= 11 is 5.98. The van der Waals surface area contributed by atoms with Gasteiger partial charge in [-0.05, 0) is 51.0 Å². The first kappa shape index (κ1) is 18.3. The minimum Gasteiger partial charge on any atom is -0.352 e. The summed E-state index contributed by atoms with van der Waals surface area (Å²) in [5.41, 5.74) is 1.28. The van der Waals surface area contributed by atoms with Gasteiger partial charge in [-0.25, -0.2) is 4.98 Å². The largest absolute Gasteiger partial charge is 0.433 e. The van der Waals surface area contributed by atoms with Gasteiger partial charge in [-0.15, -0.1) is 0 Å². The molecule has 0 aliphatic rings. The monoisotopic (exact) mass is 358 g/mol. The Morgan fingerprint density at radius 1 is 1.04 bits per heavy atom. The lowest BCUT2D eigenvalue weighted by Gasteiger charge is -2.16. The zero-order chi connectivity index (χ0) is 18.1. The van der Waals surface area contributed by atoms with Crippen LogP contribution in [0.3, 0.4) is 0 Å². The van der Waals surface area contributed by atoms with Crippen LogP contribution in [0.5, 0.6) is 0 Å². The Bertz CT molecular complexity index is 722. The molecule has 0 fully saturated rings. The first-order chi connectivity index (χ1) is 11.1. The van der Waals surface area contributed by atoms with Gasteiger partial charge >= 0.3 is 6.18 Å². The first-order valence-electron chi connectivity index (χ1n) is 7.33. The number of nitrogens with zero attached hydrogens (tertiary/aromatic N) is 2. The highest BCUT2D eigenvalue weighted by atomic mass is 35.5. The Morgan fingerprint density at radius 2 is 1.62 bits per heavy atom. The highest BCUT2D eigenvalue weighted by Crippen LogP contribution is 2.32. The second-order valence-electron chi connectivity index (χ2n) is 5.80. The predicted molar refractivity (Wildman–Crippen MR) is 90.0 cm³/mol. The summed E-state index contributed by atoms with van der Waals surface area (Å²) in [6.07, 6.45) is -4.56. The van der Waals surface area contributed by atoms with E-state index in [1.807, 2.05) is 13.8 Å². The van der Waals surface area contributed by atoms with Gasteiger partial charge in [0.25, 0.3) is 0 Å². The lowest BCUT2D eigenvalue weighted by Crippen LogP contribution is -2.17. The van der Waals surface area contributed by atoms with Crippen LogP contribution in [0.2, 0.25) is 5.02 Å². The molecule has 0 radical (unpaired) electrons. The molecule has 8 heteroatoms. The highest BCUT2D eigenvalue weighted by Gasteiger charge is 2.34. The van der Waals surface area contributed by atoms with Crippen LogP contribution in [0.1, 0.15) is 30.7 Å². The van der Waals surface area contributed by atoms with Gasteiger partial charge in [0, 0.05) is 22.8 Å². The van der Waals surface area contributed by atoms with Gasteiger partial charge in [-0.1, -0.05) is 11.6 Å². The molecule has 0 saturated carbocycles. The van der Waals surface area contributed by atoms with E-state index in [9.17, 15) is 13.2 Å². The maximum Gasteiger partial charge on any atom is 0.433 e. The van der Waals surface area contributed by atoms with E-state index in [1.165, 1.54) is 0 Å². The Balaban J connectivity index is 2.46. The van der Waals surface area contributed by atoms with Crippen LogP contribution in [-0.2, 0) is 6.18 Å². The summed E-state index contributed by atoms with van der Waals surface area (Å²) in [5.74, 6) is -0.0133. The van der Waals surface area contributed by atoms with Gasteiger partial charge in [-0.3, -0.25) is 0 Å². The van der Waals surface area contributed by atoms with Crippen molar-refractivity contribution < 1.29 is 13.2 Å². The number of alkyl halides is 3. The van der Waals surface area contributed by atoms with E-state index in [0.717, 1.165) is 17.2 Å². The molecule has 0 amide bonds. The van der Waals surface area contributed by atoms with Gasteiger partial charge in [-0.2, -0.15) is 18.2 Å². The second-order valence-corrected chi connectivity index (χ2v) is 6.23. The molecular weight excluding hydrogens is 341 g/mol. The van der Waals surface area contributed by atoms with Crippen LogP contribution in [0.25, 0.3) is 0 Å². The molecule has 0 spiro atoms. The standard InChI is InChI=1S/C16H18ClF3N4/c1-8(2)21-15-22-12(16(18,19)20)7-13(24-15)23-14-9(3)5-11(17)6-10(14)4/h5-8H,1-4H3,(H2,21,22,23,24). The quantitative estimate of drug-likeness (QED) is 0.775. The average molecular weight is 359 g/mol. The molecule has 1 aromatic carbocycles. The third-order valence-corrected chi connectivity index (χ3v) is 3.40. The van der Waals surface area contributed by atoms with Gasteiger partial charge < -0.3 is 10.6 Å². The van der Waals surface area contributed by atoms with Crippen molar-refractivity contribution in [2.24, 2.45) is 0 Å². The second kappa shape index (κ2) is 6.84. The molecule has 0 saturated heterocycles. The van der Waals surface area contributed by atoms with Crippen molar-refractivity contribution in [3.63, 3.8) is 0 Å². The van der Waals surface area contributed by atoms with Gasteiger partial charge in [0.2, 0.25) is 5.95 Å². The molecular formula is C16H18ClF3N4. The Morgan fingerprint density at radius 3 is 2.12 bits per heavy atom. The maximum atomic E-state index is 13.1. The van der Waals surface area contributed by atoms with Crippen LogP contribution in [-0.4, -0.2) is 16.0 Å². The van der Waals surface area contributed by atoms with Crippen LogP contribution in [0.4, 0.5) is 30.6 Å². The van der Waals surface area contributed by atoms with Crippen LogP contribution in [0.15, 0.2) is 18.2 Å². The van der Waals surface area contributed by atoms with E-state index in [-0.39, 0.29) is 17.8 Å². The van der Waals surface area contributed by atoms with E-state index in [2.05, 4.69) is 20.6 Å². The molecule has 0 aliphatic heterocycles. The van der Waals surface area contributed by atoms with Crippen molar-refractivity contribution in [2.75, 3.05) is 10.6 Å². The molecule has 0 unspecified atom stereocenters. The van der Waals surface area contributed by atoms with E-state index < -0.39 is 11.9 Å². The lowest BCUT2D eigenvalue weighted by molar-refractivity contribution is -0.141. The highest BCUT2D eigenvalue weighted by molar-refractivity contribution is 6.30. The number of anilines is 3. The van der Waals surface area contributed by atoms with Crippen molar-refractivity contribution in [2.45, 2.75) is 39.9 Å². The minimum atomic E-state index is -4.56. The summed E-state index contributed by atoms with van der Waals surface area (Å²) in [4.78, 5) is 7.66. The molecule has 2 rings (SSSR count). The van der Waals surface area contributed by atoms with Crippen molar-refractivity contribution in [1.82, 2.24) is 9.97 Å². The Kier molecular flexibility index (Phi) is 5.22. The number of nitrogens with one attached hydrogen (secondary N) is 2. The number of aryl methyl sites for hydroxylation is 2. The summed E-state index contributed by atoms with van der Waals surface area (Å²) in [6.45, 7) is 7.23. The van der Waals surface area contributed by atoms with Crippen LogP contribution >= 0.6 is 11.6 Å². The number of aromatic nitrogens is 2. The molecule has 0 aliphatic carbocycles. The molecule has 24 heavy (non-hydrogen) atoms. The zero-order valence-corrected chi connectivity index (χ0v) is 14.5. The van der Waals surface area contributed by atoms with Crippen LogP contribution < -0.4 is 10.6 Å². The summed E-state index contributed by atoms with van der Waals surface area (Å²) < 4.78 is 39.2. The van der Waals surface area contributed by atoms with Crippen molar-refractivity contribution >= 4 is 29.1 Å². The predicted octanol–water partition coefficient (Wildman–Crippen LogP) is 5.33. The molecule has 0 atom stereocenters.